The molecule has 17 heavy (non-hydrogen) atoms. The number of pyridine rings is 1. The third-order valence-corrected chi connectivity index (χ3v) is 3.32. The number of amides is 1. The van der Waals surface area contributed by atoms with Gasteiger partial charge in [0.2, 0.25) is 0 Å². The minimum atomic E-state index is 0.0688. The highest BCUT2D eigenvalue weighted by Gasteiger charge is 2.23. The van der Waals surface area contributed by atoms with E-state index in [-0.39, 0.29) is 5.91 Å². The molecule has 1 aliphatic rings. The number of rotatable bonds is 1. The minimum absolute atomic E-state index is 0.0688. The van der Waals surface area contributed by atoms with Crippen LogP contribution in [0.4, 0.5) is 0 Å². The summed E-state index contributed by atoms with van der Waals surface area (Å²) in [4.78, 5) is 18.6. The minimum Gasteiger partial charge on any atom is -0.337 e. The number of aromatic nitrogens is 2. The van der Waals surface area contributed by atoms with Crippen LogP contribution in [0.5, 0.6) is 0 Å². The largest absolute Gasteiger partial charge is 0.337 e. The van der Waals surface area contributed by atoms with Crippen molar-refractivity contribution in [3.63, 3.8) is 0 Å². The Morgan fingerprint density at radius 3 is 2.82 bits per heavy atom. The molecule has 4 heteroatoms. The highest BCUT2D eigenvalue weighted by Crippen LogP contribution is 2.17. The van der Waals surface area contributed by atoms with Crippen molar-refractivity contribution < 1.29 is 4.79 Å². The molecule has 1 aliphatic heterocycles. The quantitative estimate of drug-likeness (QED) is 0.748. The van der Waals surface area contributed by atoms with Gasteiger partial charge in [-0.3, -0.25) is 4.79 Å². The Morgan fingerprint density at radius 1 is 1.29 bits per heavy atom. The molecule has 2 aromatic rings. The maximum absolute atomic E-state index is 12.3. The summed E-state index contributed by atoms with van der Waals surface area (Å²) < 4.78 is 1.96. The summed E-state index contributed by atoms with van der Waals surface area (Å²) in [6.45, 7) is 3.65. The second-order valence-electron chi connectivity index (χ2n) is 4.46. The molecule has 0 atom stereocenters. The molecule has 1 saturated heterocycles. The van der Waals surface area contributed by atoms with Crippen LogP contribution in [-0.2, 0) is 0 Å². The van der Waals surface area contributed by atoms with Crippen molar-refractivity contribution in [1.29, 1.82) is 0 Å². The lowest BCUT2D eigenvalue weighted by molar-refractivity contribution is 0.0789. The highest BCUT2D eigenvalue weighted by atomic mass is 16.2. The summed E-state index contributed by atoms with van der Waals surface area (Å²) >= 11 is 0. The van der Waals surface area contributed by atoms with Crippen LogP contribution in [0.15, 0.2) is 24.4 Å². The fraction of sp³-hybridized carbons (Fsp3) is 0.385. The van der Waals surface area contributed by atoms with Crippen molar-refractivity contribution >= 4 is 11.4 Å². The average molecular weight is 229 g/mol. The average Bonchev–Trinajstić information content (AvgIpc) is 2.97. The molecule has 2 aromatic heterocycles. The van der Waals surface area contributed by atoms with Crippen LogP contribution in [0.25, 0.3) is 5.52 Å². The first-order chi connectivity index (χ1) is 8.27. The standard InChI is InChI=1S/C13H15N3O/c1-10-14-12(11-6-2-3-9-16(10)11)13(17)15-7-4-5-8-15/h2-3,6,9H,4-5,7-8H2,1H3. The first-order valence-electron chi connectivity index (χ1n) is 6.00. The van der Waals surface area contributed by atoms with Crippen molar-refractivity contribution in [2.75, 3.05) is 13.1 Å². The zero-order chi connectivity index (χ0) is 11.8. The molecule has 0 bridgehead atoms. The topological polar surface area (TPSA) is 37.6 Å². The second-order valence-corrected chi connectivity index (χ2v) is 4.46. The molecule has 3 heterocycles. The van der Waals surface area contributed by atoms with E-state index in [0.29, 0.717) is 5.69 Å². The Kier molecular flexibility index (Phi) is 2.35. The number of carbonyl (C=O) groups excluding carboxylic acids is 1. The van der Waals surface area contributed by atoms with Crippen molar-refractivity contribution in [1.82, 2.24) is 14.3 Å². The van der Waals surface area contributed by atoms with Crippen LogP contribution >= 0.6 is 0 Å². The van der Waals surface area contributed by atoms with Crippen LogP contribution in [0.1, 0.15) is 29.2 Å². The molecule has 0 radical (unpaired) electrons. The van der Waals surface area contributed by atoms with Gasteiger partial charge in [-0.05, 0) is 31.9 Å². The Bertz CT molecular complexity index is 567. The van der Waals surface area contributed by atoms with E-state index < -0.39 is 0 Å². The predicted octanol–water partition coefficient (Wildman–Crippen LogP) is 1.88. The van der Waals surface area contributed by atoms with E-state index in [1.165, 1.54) is 0 Å². The van der Waals surface area contributed by atoms with Gasteiger partial charge in [-0.2, -0.15) is 0 Å². The van der Waals surface area contributed by atoms with E-state index >= 15 is 0 Å². The molecule has 0 aliphatic carbocycles. The van der Waals surface area contributed by atoms with Crippen molar-refractivity contribution in [3.05, 3.63) is 35.9 Å². The van der Waals surface area contributed by atoms with Gasteiger partial charge in [-0.25, -0.2) is 4.98 Å². The lowest BCUT2D eigenvalue weighted by Crippen LogP contribution is -2.28. The smallest absolute Gasteiger partial charge is 0.274 e. The van der Waals surface area contributed by atoms with E-state index in [1.54, 1.807) is 0 Å². The fourth-order valence-corrected chi connectivity index (χ4v) is 2.42. The third-order valence-electron chi connectivity index (χ3n) is 3.32. The normalized spacial score (nSPS) is 15.7. The first-order valence-corrected chi connectivity index (χ1v) is 6.00. The molecule has 1 fully saturated rings. The predicted molar refractivity (Wildman–Crippen MR) is 65.1 cm³/mol. The van der Waals surface area contributed by atoms with Gasteiger partial charge in [-0.15, -0.1) is 0 Å². The van der Waals surface area contributed by atoms with Crippen LogP contribution < -0.4 is 0 Å². The molecular weight excluding hydrogens is 214 g/mol. The molecule has 88 valence electrons. The van der Waals surface area contributed by atoms with Crippen LogP contribution in [-0.4, -0.2) is 33.3 Å². The third kappa shape index (κ3) is 1.60. The number of carbonyl (C=O) groups is 1. The van der Waals surface area contributed by atoms with E-state index in [4.69, 9.17) is 0 Å². The maximum Gasteiger partial charge on any atom is 0.274 e. The van der Waals surface area contributed by atoms with E-state index in [2.05, 4.69) is 4.98 Å². The number of hydrogen-bond donors (Lipinski definition) is 0. The van der Waals surface area contributed by atoms with E-state index in [1.807, 2.05) is 40.6 Å². The maximum atomic E-state index is 12.3. The molecular formula is C13H15N3O. The number of hydrogen-bond acceptors (Lipinski definition) is 2. The number of likely N-dealkylation sites (tertiary alicyclic amines) is 1. The van der Waals surface area contributed by atoms with E-state index in [9.17, 15) is 4.79 Å². The zero-order valence-electron chi connectivity index (χ0n) is 9.89. The lowest BCUT2D eigenvalue weighted by atomic mass is 10.3. The molecule has 0 unspecified atom stereocenters. The summed E-state index contributed by atoms with van der Waals surface area (Å²) in [7, 11) is 0. The van der Waals surface area contributed by atoms with Crippen LogP contribution in [0, 0.1) is 6.92 Å². The lowest BCUT2D eigenvalue weighted by Gasteiger charge is -2.13. The van der Waals surface area contributed by atoms with Gasteiger partial charge in [0, 0.05) is 19.3 Å². The van der Waals surface area contributed by atoms with E-state index in [0.717, 1.165) is 37.3 Å². The number of aryl methyl sites for hydroxylation is 1. The van der Waals surface area contributed by atoms with Crippen LogP contribution in [0.3, 0.4) is 0 Å². The summed E-state index contributed by atoms with van der Waals surface area (Å²) in [6.07, 6.45) is 4.16. The van der Waals surface area contributed by atoms with Crippen molar-refractivity contribution in [3.8, 4) is 0 Å². The SMILES string of the molecule is Cc1nc(C(=O)N2CCCC2)c2ccccn12. The Hall–Kier alpha value is -1.84. The molecule has 3 rings (SSSR count). The molecule has 0 saturated carbocycles. The molecule has 0 spiro atoms. The fourth-order valence-electron chi connectivity index (χ4n) is 2.42. The summed E-state index contributed by atoms with van der Waals surface area (Å²) in [5.74, 6) is 0.933. The summed E-state index contributed by atoms with van der Waals surface area (Å²) in [6, 6.07) is 5.84. The number of fused-ring (bicyclic) bond motifs is 1. The molecule has 0 aromatic carbocycles. The van der Waals surface area contributed by atoms with Crippen molar-refractivity contribution in [2.24, 2.45) is 0 Å². The molecule has 0 N–H and O–H groups in total. The Labute approximate surface area is 99.9 Å². The summed E-state index contributed by atoms with van der Waals surface area (Å²) in [5, 5.41) is 0. The monoisotopic (exact) mass is 229 g/mol. The van der Waals surface area contributed by atoms with Gasteiger partial charge in [0.05, 0.1) is 5.52 Å². The van der Waals surface area contributed by atoms with Gasteiger partial charge in [-0.1, -0.05) is 6.07 Å². The number of imidazole rings is 1. The first kappa shape index (κ1) is 10.3. The Morgan fingerprint density at radius 2 is 2.06 bits per heavy atom. The molecule has 1 amide bonds. The van der Waals surface area contributed by atoms with Gasteiger partial charge >= 0.3 is 0 Å². The Balaban J connectivity index is 2.08. The van der Waals surface area contributed by atoms with Gasteiger partial charge in [0.15, 0.2) is 5.69 Å². The van der Waals surface area contributed by atoms with Crippen LogP contribution in [0.2, 0.25) is 0 Å². The zero-order valence-corrected chi connectivity index (χ0v) is 9.89. The van der Waals surface area contributed by atoms with Gasteiger partial charge < -0.3 is 9.30 Å². The second kappa shape index (κ2) is 3.87. The summed E-state index contributed by atoms with van der Waals surface area (Å²) in [5.41, 5.74) is 1.49. The molecule has 4 nitrogen and oxygen atoms in total. The van der Waals surface area contributed by atoms with Gasteiger partial charge in [0.1, 0.15) is 5.82 Å². The van der Waals surface area contributed by atoms with Crippen molar-refractivity contribution in [2.45, 2.75) is 19.8 Å². The number of nitrogens with zero attached hydrogens (tertiary/aromatic N) is 3. The highest BCUT2D eigenvalue weighted by molar-refractivity contribution is 5.99. The van der Waals surface area contributed by atoms with Gasteiger partial charge in [0.25, 0.3) is 5.91 Å².